The molecule has 0 saturated heterocycles. The highest BCUT2D eigenvalue weighted by atomic mass is 16.5. The number of aromatic nitrogens is 1. The van der Waals surface area contributed by atoms with Gasteiger partial charge in [-0.05, 0) is 18.1 Å². The predicted octanol–water partition coefficient (Wildman–Crippen LogP) is 0.578. The minimum atomic E-state index is -0.354. The highest BCUT2D eigenvalue weighted by molar-refractivity contribution is 5.72. The molecule has 0 bridgehead atoms. The van der Waals surface area contributed by atoms with Crippen LogP contribution in [0.1, 0.15) is 12.1 Å². The zero-order chi connectivity index (χ0) is 10.4. The van der Waals surface area contributed by atoms with Crippen molar-refractivity contribution in [3.05, 3.63) is 24.0 Å². The average Bonchev–Trinajstić information content (AvgIpc) is 2.21. The summed E-state index contributed by atoms with van der Waals surface area (Å²) < 4.78 is 4.43. The third-order valence-corrected chi connectivity index (χ3v) is 1.46. The first-order chi connectivity index (χ1) is 6.72. The molecule has 0 saturated carbocycles. The van der Waals surface area contributed by atoms with Gasteiger partial charge in [-0.1, -0.05) is 5.92 Å². The zero-order valence-corrected chi connectivity index (χ0v) is 7.78. The van der Waals surface area contributed by atoms with Crippen LogP contribution in [-0.4, -0.2) is 18.1 Å². The van der Waals surface area contributed by atoms with Crippen molar-refractivity contribution in [1.82, 2.24) is 4.98 Å². The molecule has 0 atom stereocenters. The lowest BCUT2D eigenvalue weighted by molar-refractivity contribution is -0.139. The standard InChI is InChI=1S/C10H10N2O2/c1-14-10(13)4-2-3-9-6-5-8(11)7-12-9/h5-7H,4,11H2,1H3. The maximum Gasteiger partial charge on any atom is 0.317 e. The van der Waals surface area contributed by atoms with Crippen LogP contribution in [0.3, 0.4) is 0 Å². The van der Waals surface area contributed by atoms with Gasteiger partial charge >= 0.3 is 5.97 Å². The summed E-state index contributed by atoms with van der Waals surface area (Å²) >= 11 is 0. The first-order valence-electron chi connectivity index (χ1n) is 3.99. The van der Waals surface area contributed by atoms with Crippen LogP contribution < -0.4 is 5.73 Å². The van der Waals surface area contributed by atoms with E-state index in [0.717, 1.165) is 0 Å². The van der Waals surface area contributed by atoms with Crippen molar-refractivity contribution in [2.24, 2.45) is 0 Å². The Morgan fingerprint density at radius 1 is 1.64 bits per heavy atom. The topological polar surface area (TPSA) is 65.2 Å². The Hall–Kier alpha value is -2.02. The van der Waals surface area contributed by atoms with Crippen molar-refractivity contribution in [2.45, 2.75) is 6.42 Å². The smallest absolute Gasteiger partial charge is 0.317 e. The van der Waals surface area contributed by atoms with E-state index in [1.54, 1.807) is 12.1 Å². The molecule has 0 aliphatic carbocycles. The van der Waals surface area contributed by atoms with Crippen LogP contribution in [-0.2, 0) is 9.53 Å². The number of pyridine rings is 1. The van der Waals surface area contributed by atoms with Gasteiger partial charge in [-0.25, -0.2) is 4.98 Å². The Labute approximate surface area is 82.1 Å². The van der Waals surface area contributed by atoms with Crippen LogP contribution in [0.25, 0.3) is 0 Å². The average molecular weight is 190 g/mol. The summed E-state index contributed by atoms with van der Waals surface area (Å²) in [6, 6.07) is 3.40. The maximum absolute atomic E-state index is 10.7. The van der Waals surface area contributed by atoms with Crippen molar-refractivity contribution in [2.75, 3.05) is 12.8 Å². The number of ether oxygens (including phenoxy) is 1. The molecule has 1 rings (SSSR count). The molecule has 1 aromatic heterocycles. The van der Waals surface area contributed by atoms with Gasteiger partial charge in [0.15, 0.2) is 0 Å². The molecule has 2 N–H and O–H groups in total. The van der Waals surface area contributed by atoms with E-state index < -0.39 is 0 Å². The molecule has 0 radical (unpaired) electrons. The summed E-state index contributed by atoms with van der Waals surface area (Å²) in [5, 5.41) is 0. The van der Waals surface area contributed by atoms with Gasteiger partial charge in [-0.2, -0.15) is 0 Å². The molecule has 4 heteroatoms. The van der Waals surface area contributed by atoms with Crippen LogP contribution in [0, 0.1) is 11.8 Å². The van der Waals surface area contributed by atoms with E-state index in [-0.39, 0.29) is 12.4 Å². The van der Waals surface area contributed by atoms with Crippen molar-refractivity contribution >= 4 is 11.7 Å². The molecule has 0 aromatic carbocycles. The minimum Gasteiger partial charge on any atom is -0.468 e. The summed E-state index contributed by atoms with van der Waals surface area (Å²) in [7, 11) is 1.32. The van der Waals surface area contributed by atoms with E-state index in [0.29, 0.717) is 11.4 Å². The molecule has 0 aliphatic heterocycles. The molecular weight excluding hydrogens is 180 g/mol. The molecule has 14 heavy (non-hydrogen) atoms. The second kappa shape index (κ2) is 4.87. The fraction of sp³-hybridized carbons (Fsp3) is 0.200. The van der Waals surface area contributed by atoms with E-state index in [1.165, 1.54) is 13.3 Å². The number of methoxy groups -OCH3 is 1. The van der Waals surface area contributed by atoms with E-state index in [4.69, 9.17) is 5.73 Å². The molecular formula is C10H10N2O2. The van der Waals surface area contributed by atoms with E-state index in [9.17, 15) is 4.79 Å². The van der Waals surface area contributed by atoms with Crippen LogP contribution in [0.5, 0.6) is 0 Å². The fourth-order valence-corrected chi connectivity index (χ4v) is 0.758. The van der Waals surface area contributed by atoms with Crippen molar-refractivity contribution in [1.29, 1.82) is 0 Å². The Bertz CT molecular complexity index is 373. The van der Waals surface area contributed by atoms with Gasteiger partial charge in [0.2, 0.25) is 0 Å². The number of anilines is 1. The predicted molar refractivity (Wildman–Crippen MR) is 52.2 cm³/mol. The number of nitrogens with zero attached hydrogens (tertiary/aromatic N) is 1. The SMILES string of the molecule is COC(=O)CC#Cc1ccc(N)cn1. The maximum atomic E-state index is 10.7. The molecule has 1 heterocycles. The molecule has 0 spiro atoms. The summed E-state index contributed by atoms with van der Waals surface area (Å²) in [4.78, 5) is 14.6. The van der Waals surface area contributed by atoms with E-state index in [1.807, 2.05) is 0 Å². The Kier molecular flexibility index (Phi) is 3.50. The van der Waals surface area contributed by atoms with Crippen LogP contribution >= 0.6 is 0 Å². The molecule has 0 unspecified atom stereocenters. The largest absolute Gasteiger partial charge is 0.468 e. The molecule has 0 fully saturated rings. The molecule has 4 nitrogen and oxygen atoms in total. The highest BCUT2D eigenvalue weighted by Crippen LogP contribution is 1.99. The molecule has 72 valence electrons. The quantitative estimate of drug-likeness (QED) is 0.519. The Morgan fingerprint density at radius 2 is 2.43 bits per heavy atom. The molecule has 0 aliphatic rings. The minimum absolute atomic E-state index is 0.0720. The van der Waals surface area contributed by atoms with Gasteiger partial charge in [0.1, 0.15) is 12.1 Å². The summed E-state index contributed by atoms with van der Waals surface area (Å²) in [6.45, 7) is 0. The molecule has 0 amide bonds. The lowest BCUT2D eigenvalue weighted by Gasteiger charge is -1.91. The Morgan fingerprint density at radius 3 is 3.00 bits per heavy atom. The number of carbonyl (C=O) groups excluding carboxylic acids is 1. The first-order valence-corrected chi connectivity index (χ1v) is 3.99. The van der Waals surface area contributed by atoms with E-state index >= 15 is 0 Å². The zero-order valence-electron chi connectivity index (χ0n) is 7.78. The number of esters is 1. The highest BCUT2D eigenvalue weighted by Gasteiger charge is 1.93. The number of nitrogens with two attached hydrogens (primary N) is 1. The van der Waals surface area contributed by atoms with Gasteiger partial charge in [0.05, 0.1) is 19.0 Å². The number of carbonyl (C=O) groups is 1. The summed E-state index contributed by atoms with van der Waals surface area (Å²) in [6.07, 6.45) is 1.59. The number of hydrogen-bond donors (Lipinski definition) is 1. The first kappa shape index (κ1) is 10.1. The normalized spacial score (nSPS) is 8.64. The fourth-order valence-electron chi connectivity index (χ4n) is 0.758. The van der Waals surface area contributed by atoms with Crippen molar-refractivity contribution < 1.29 is 9.53 Å². The van der Waals surface area contributed by atoms with Crippen molar-refractivity contribution in [3.8, 4) is 11.8 Å². The third-order valence-electron chi connectivity index (χ3n) is 1.46. The summed E-state index contributed by atoms with van der Waals surface area (Å²) in [5.74, 6) is 5.01. The lowest BCUT2D eigenvalue weighted by atomic mass is 10.3. The Balaban J connectivity index is 2.59. The van der Waals surface area contributed by atoms with Crippen LogP contribution in [0.4, 0.5) is 5.69 Å². The number of hydrogen-bond acceptors (Lipinski definition) is 4. The summed E-state index contributed by atoms with van der Waals surface area (Å²) in [5.41, 5.74) is 6.61. The van der Waals surface area contributed by atoms with Gasteiger partial charge in [0.25, 0.3) is 0 Å². The molecule has 1 aromatic rings. The monoisotopic (exact) mass is 190 g/mol. The van der Waals surface area contributed by atoms with Gasteiger partial charge in [0, 0.05) is 0 Å². The second-order valence-electron chi connectivity index (χ2n) is 2.53. The van der Waals surface area contributed by atoms with Gasteiger partial charge < -0.3 is 10.5 Å². The second-order valence-corrected chi connectivity index (χ2v) is 2.53. The van der Waals surface area contributed by atoms with Crippen LogP contribution in [0.2, 0.25) is 0 Å². The number of nitrogen functional groups attached to an aromatic ring is 1. The van der Waals surface area contributed by atoms with Gasteiger partial charge in [-0.3, -0.25) is 4.79 Å². The van der Waals surface area contributed by atoms with Crippen molar-refractivity contribution in [3.63, 3.8) is 0 Å². The van der Waals surface area contributed by atoms with E-state index in [2.05, 4.69) is 21.6 Å². The third kappa shape index (κ3) is 3.15. The van der Waals surface area contributed by atoms with Crippen LogP contribution in [0.15, 0.2) is 18.3 Å². The van der Waals surface area contributed by atoms with Gasteiger partial charge in [-0.15, -0.1) is 0 Å². The number of rotatable bonds is 1. The lowest BCUT2D eigenvalue weighted by Crippen LogP contribution is -1.97.